The van der Waals surface area contributed by atoms with Gasteiger partial charge in [0.1, 0.15) is 5.82 Å². The van der Waals surface area contributed by atoms with Crippen molar-refractivity contribution in [1.29, 1.82) is 0 Å². The predicted molar refractivity (Wildman–Crippen MR) is 119 cm³/mol. The highest BCUT2D eigenvalue weighted by molar-refractivity contribution is 6.30. The minimum atomic E-state index is -0.327. The van der Waals surface area contributed by atoms with E-state index >= 15 is 0 Å². The van der Waals surface area contributed by atoms with E-state index in [0.29, 0.717) is 28.5 Å². The topological polar surface area (TPSA) is 58.4 Å². The van der Waals surface area contributed by atoms with Crippen LogP contribution >= 0.6 is 11.6 Å². The fraction of sp³-hybridized carbons (Fsp3) is 0.333. The first-order chi connectivity index (χ1) is 15.0. The Morgan fingerprint density at radius 1 is 1.16 bits per heavy atom. The number of aromatic nitrogens is 1. The fourth-order valence-corrected chi connectivity index (χ4v) is 4.04. The summed E-state index contributed by atoms with van der Waals surface area (Å²) in [6.45, 7) is 4.13. The highest BCUT2D eigenvalue weighted by Gasteiger charge is 2.24. The Hall–Kier alpha value is -2.70. The molecule has 162 valence electrons. The molecule has 1 fully saturated rings. The van der Waals surface area contributed by atoms with E-state index in [1.807, 2.05) is 24.3 Å². The largest absolute Gasteiger partial charge is 0.355 e. The van der Waals surface area contributed by atoms with Gasteiger partial charge in [0.15, 0.2) is 11.5 Å². The number of nitrogens with one attached hydrogen (secondary N) is 1. The fourth-order valence-electron chi connectivity index (χ4n) is 3.92. The molecule has 1 amide bonds. The van der Waals surface area contributed by atoms with Gasteiger partial charge in [-0.05, 0) is 62.2 Å². The molecule has 0 radical (unpaired) electrons. The van der Waals surface area contributed by atoms with Gasteiger partial charge in [-0.3, -0.25) is 9.69 Å². The Morgan fingerprint density at radius 3 is 2.61 bits per heavy atom. The van der Waals surface area contributed by atoms with Crippen molar-refractivity contribution >= 4 is 17.5 Å². The molecule has 2 heterocycles. The number of nitrogens with zero attached hydrogens (tertiary/aromatic N) is 2. The predicted octanol–water partition coefficient (Wildman–Crippen LogP) is 5.40. The first-order valence-corrected chi connectivity index (χ1v) is 10.9. The summed E-state index contributed by atoms with van der Waals surface area (Å²) in [5.41, 5.74) is 2.38. The number of piperidine rings is 1. The van der Waals surface area contributed by atoms with E-state index in [4.69, 9.17) is 16.1 Å². The minimum absolute atomic E-state index is 0.0547. The molecule has 3 aromatic rings. The summed E-state index contributed by atoms with van der Waals surface area (Å²) in [5.74, 6) is -0.292. The lowest BCUT2D eigenvalue weighted by atomic mass is 10.0. The van der Waals surface area contributed by atoms with Crippen LogP contribution in [0.4, 0.5) is 4.39 Å². The van der Waals surface area contributed by atoms with Crippen LogP contribution in [-0.2, 0) is 0 Å². The van der Waals surface area contributed by atoms with E-state index in [1.165, 1.54) is 18.6 Å². The molecule has 1 atom stereocenters. The van der Waals surface area contributed by atoms with Gasteiger partial charge < -0.3 is 9.84 Å². The third kappa shape index (κ3) is 5.14. The lowest BCUT2D eigenvalue weighted by Crippen LogP contribution is -2.40. The van der Waals surface area contributed by atoms with Crippen molar-refractivity contribution < 1.29 is 13.7 Å². The van der Waals surface area contributed by atoms with Gasteiger partial charge in [-0.15, -0.1) is 0 Å². The third-order valence-electron chi connectivity index (χ3n) is 5.74. The Labute approximate surface area is 186 Å². The van der Waals surface area contributed by atoms with Crippen molar-refractivity contribution in [2.75, 3.05) is 19.6 Å². The Bertz CT molecular complexity index is 1050. The highest BCUT2D eigenvalue weighted by Crippen LogP contribution is 2.26. The second-order valence-corrected chi connectivity index (χ2v) is 8.35. The number of benzene rings is 2. The zero-order chi connectivity index (χ0) is 21.8. The SMILES string of the molecule is Cc1ccc(-c2cc(C(=O)NC[C@@H](c3ccc(Cl)cc3)N3CCCCC3)no2)cc1F. The third-order valence-corrected chi connectivity index (χ3v) is 5.99. The molecule has 4 rings (SSSR count). The molecule has 5 nitrogen and oxygen atoms in total. The summed E-state index contributed by atoms with van der Waals surface area (Å²) in [6, 6.07) is 14.2. The van der Waals surface area contributed by atoms with Crippen LogP contribution in [0.5, 0.6) is 0 Å². The van der Waals surface area contributed by atoms with E-state index in [1.54, 1.807) is 19.1 Å². The number of amides is 1. The van der Waals surface area contributed by atoms with E-state index in [9.17, 15) is 9.18 Å². The molecule has 31 heavy (non-hydrogen) atoms. The normalized spacial score (nSPS) is 15.6. The van der Waals surface area contributed by atoms with Crippen LogP contribution < -0.4 is 5.32 Å². The first-order valence-electron chi connectivity index (χ1n) is 10.5. The molecule has 0 aliphatic carbocycles. The number of carbonyl (C=O) groups is 1. The number of carbonyl (C=O) groups excluding carboxylic acids is 1. The molecule has 1 N–H and O–H groups in total. The molecule has 0 saturated carbocycles. The molecule has 1 aromatic heterocycles. The van der Waals surface area contributed by atoms with Crippen molar-refractivity contribution in [3.8, 4) is 11.3 Å². The first kappa shape index (κ1) is 21.5. The van der Waals surface area contributed by atoms with Crippen LogP contribution in [0.1, 0.15) is 46.9 Å². The van der Waals surface area contributed by atoms with Gasteiger partial charge in [-0.25, -0.2) is 4.39 Å². The molecule has 7 heteroatoms. The van der Waals surface area contributed by atoms with Crippen molar-refractivity contribution in [1.82, 2.24) is 15.4 Å². The Balaban J connectivity index is 1.47. The number of hydrogen-bond donors (Lipinski definition) is 1. The summed E-state index contributed by atoms with van der Waals surface area (Å²) in [5, 5.41) is 7.55. The van der Waals surface area contributed by atoms with Crippen molar-refractivity contribution in [3.05, 3.63) is 76.2 Å². The average Bonchev–Trinajstić information content (AvgIpc) is 3.28. The molecule has 1 saturated heterocycles. The number of rotatable bonds is 6. The molecule has 0 spiro atoms. The number of hydrogen-bond acceptors (Lipinski definition) is 4. The smallest absolute Gasteiger partial charge is 0.273 e. The van der Waals surface area contributed by atoms with Crippen LogP contribution in [0.25, 0.3) is 11.3 Å². The summed E-state index contributed by atoms with van der Waals surface area (Å²) in [6.07, 6.45) is 3.53. The van der Waals surface area contributed by atoms with Crippen LogP contribution in [0.3, 0.4) is 0 Å². The van der Waals surface area contributed by atoms with Crippen LogP contribution in [0.15, 0.2) is 53.1 Å². The summed E-state index contributed by atoms with van der Waals surface area (Å²) >= 11 is 6.06. The number of likely N-dealkylation sites (tertiary alicyclic amines) is 1. The van der Waals surface area contributed by atoms with Crippen LogP contribution in [-0.4, -0.2) is 35.6 Å². The van der Waals surface area contributed by atoms with Crippen LogP contribution in [0, 0.1) is 12.7 Å². The van der Waals surface area contributed by atoms with Crippen molar-refractivity contribution in [2.24, 2.45) is 0 Å². The van der Waals surface area contributed by atoms with Gasteiger partial charge in [0.2, 0.25) is 0 Å². The van der Waals surface area contributed by atoms with Gasteiger partial charge in [0, 0.05) is 23.2 Å². The monoisotopic (exact) mass is 441 g/mol. The molecular weight excluding hydrogens is 417 g/mol. The van der Waals surface area contributed by atoms with Crippen molar-refractivity contribution in [2.45, 2.75) is 32.2 Å². The van der Waals surface area contributed by atoms with E-state index in [2.05, 4.69) is 15.4 Å². The maximum absolute atomic E-state index is 13.8. The molecule has 0 bridgehead atoms. The van der Waals surface area contributed by atoms with Gasteiger partial charge >= 0.3 is 0 Å². The highest BCUT2D eigenvalue weighted by atomic mass is 35.5. The second-order valence-electron chi connectivity index (χ2n) is 7.91. The lowest BCUT2D eigenvalue weighted by Gasteiger charge is -2.35. The Kier molecular flexibility index (Phi) is 6.68. The Morgan fingerprint density at radius 2 is 1.90 bits per heavy atom. The maximum Gasteiger partial charge on any atom is 0.273 e. The standard InChI is InChI=1S/C24H25ClFN3O2/c1-16-5-6-18(13-20(16)26)23-14-21(28-31-23)24(30)27-15-22(29-11-3-2-4-12-29)17-7-9-19(25)10-8-17/h5-10,13-14,22H,2-4,11-12,15H2,1H3,(H,27,30)/t22-/m0/s1. The molecule has 2 aromatic carbocycles. The molecule has 0 unspecified atom stereocenters. The molecular formula is C24H25ClFN3O2. The lowest BCUT2D eigenvalue weighted by molar-refractivity contribution is 0.0915. The summed E-state index contributed by atoms with van der Waals surface area (Å²) in [4.78, 5) is 15.1. The van der Waals surface area contributed by atoms with Gasteiger partial charge in [0.25, 0.3) is 5.91 Å². The summed E-state index contributed by atoms with van der Waals surface area (Å²) < 4.78 is 19.1. The number of halogens is 2. The van der Waals surface area contributed by atoms with E-state index in [-0.39, 0.29) is 23.5 Å². The molecule has 1 aliphatic rings. The average molecular weight is 442 g/mol. The second kappa shape index (κ2) is 9.62. The maximum atomic E-state index is 13.8. The van der Waals surface area contributed by atoms with Gasteiger partial charge in [-0.1, -0.05) is 47.4 Å². The van der Waals surface area contributed by atoms with E-state index < -0.39 is 0 Å². The van der Waals surface area contributed by atoms with Gasteiger partial charge in [0.05, 0.1) is 6.04 Å². The number of aryl methyl sites for hydroxylation is 1. The zero-order valence-corrected chi connectivity index (χ0v) is 18.2. The van der Waals surface area contributed by atoms with Gasteiger partial charge in [-0.2, -0.15) is 0 Å². The zero-order valence-electron chi connectivity index (χ0n) is 17.4. The van der Waals surface area contributed by atoms with Crippen molar-refractivity contribution in [3.63, 3.8) is 0 Å². The molecule has 1 aliphatic heterocycles. The van der Waals surface area contributed by atoms with E-state index in [0.717, 1.165) is 31.5 Å². The minimum Gasteiger partial charge on any atom is -0.355 e. The quantitative estimate of drug-likeness (QED) is 0.556. The van der Waals surface area contributed by atoms with Crippen LogP contribution in [0.2, 0.25) is 5.02 Å². The summed E-state index contributed by atoms with van der Waals surface area (Å²) in [7, 11) is 0.